The average molecular weight is 398 g/mol. The summed E-state index contributed by atoms with van der Waals surface area (Å²) in [5, 5.41) is 2.97. The number of para-hydroxylation sites is 2. The molecule has 0 unspecified atom stereocenters. The topological polar surface area (TPSA) is 54.0 Å². The van der Waals surface area contributed by atoms with E-state index in [-0.39, 0.29) is 6.03 Å². The van der Waals surface area contributed by atoms with Gasteiger partial charge in [-0.05, 0) is 44.0 Å². The fraction of sp³-hybridized carbons (Fsp3) is 0.435. The first-order valence-corrected chi connectivity index (χ1v) is 10.1. The molecule has 0 aliphatic carbocycles. The Labute approximate surface area is 173 Å². The van der Waals surface area contributed by atoms with Crippen LogP contribution in [0.25, 0.3) is 0 Å². The molecule has 1 heterocycles. The third-order valence-electron chi connectivity index (χ3n) is 5.22. The number of amides is 2. The van der Waals surface area contributed by atoms with E-state index in [0.29, 0.717) is 26.2 Å². The van der Waals surface area contributed by atoms with Crippen molar-refractivity contribution < 1.29 is 14.3 Å². The maximum atomic E-state index is 12.5. The van der Waals surface area contributed by atoms with E-state index in [1.54, 1.807) is 7.11 Å². The number of anilines is 1. The van der Waals surface area contributed by atoms with Crippen LogP contribution in [0.5, 0.6) is 11.5 Å². The number of urea groups is 1. The number of aryl methyl sites for hydroxylation is 3. The van der Waals surface area contributed by atoms with Crippen molar-refractivity contribution in [1.82, 2.24) is 10.2 Å². The van der Waals surface area contributed by atoms with Crippen LogP contribution in [-0.4, -0.2) is 57.4 Å². The lowest BCUT2D eigenvalue weighted by molar-refractivity contribution is 0.191. The Hall–Kier alpha value is -2.89. The highest BCUT2D eigenvalue weighted by Gasteiger charge is 2.22. The molecule has 6 nitrogen and oxygen atoms in total. The maximum Gasteiger partial charge on any atom is 0.317 e. The van der Waals surface area contributed by atoms with Gasteiger partial charge in [0.2, 0.25) is 0 Å². The third-order valence-corrected chi connectivity index (χ3v) is 5.22. The fourth-order valence-electron chi connectivity index (χ4n) is 3.86. The van der Waals surface area contributed by atoms with Crippen molar-refractivity contribution in [3.63, 3.8) is 0 Å². The number of hydrogen-bond donors (Lipinski definition) is 1. The lowest BCUT2D eigenvalue weighted by Gasteiger charge is -2.36. The van der Waals surface area contributed by atoms with Crippen LogP contribution in [0, 0.1) is 20.8 Å². The van der Waals surface area contributed by atoms with Gasteiger partial charge in [0.1, 0.15) is 18.1 Å². The molecular formula is C23H31N3O3. The summed E-state index contributed by atoms with van der Waals surface area (Å²) in [7, 11) is 1.68. The van der Waals surface area contributed by atoms with Crippen LogP contribution >= 0.6 is 0 Å². The van der Waals surface area contributed by atoms with Crippen LogP contribution in [0.2, 0.25) is 0 Å². The molecular weight excluding hydrogens is 366 g/mol. The van der Waals surface area contributed by atoms with Crippen LogP contribution in [0.3, 0.4) is 0 Å². The van der Waals surface area contributed by atoms with Crippen molar-refractivity contribution >= 4 is 11.7 Å². The Morgan fingerprint density at radius 2 is 1.69 bits per heavy atom. The molecule has 2 aromatic rings. The van der Waals surface area contributed by atoms with Crippen LogP contribution in [-0.2, 0) is 0 Å². The predicted molar refractivity (Wildman–Crippen MR) is 116 cm³/mol. The normalized spacial score (nSPS) is 13.9. The number of carbonyl (C=O) groups excluding carboxylic acids is 1. The molecule has 1 N–H and O–H groups in total. The molecule has 2 amide bonds. The van der Waals surface area contributed by atoms with Gasteiger partial charge in [0.05, 0.1) is 19.3 Å². The van der Waals surface area contributed by atoms with Crippen molar-refractivity contribution in [2.75, 3.05) is 51.3 Å². The van der Waals surface area contributed by atoms with Gasteiger partial charge in [0, 0.05) is 26.2 Å². The van der Waals surface area contributed by atoms with E-state index in [2.05, 4.69) is 49.2 Å². The molecule has 0 radical (unpaired) electrons. The molecule has 3 rings (SSSR count). The number of benzene rings is 2. The summed E-state index contributed by atoms with van der Waals surface area (Å²) in [6, 6.07) is 12.2. The summed E-state index contributed by atoms with van der Waals surface area (Å²) >= 11 is 0. The van der Waals surface area contributed by atoms with Gasteiger partial charge in [-0.3, -0.25) is 0 Å². The monoisotopic (exact) mass is 397 g/mol. The number of nitrogens with zero attached hydrogens (tertiary/aromatic N) is 2. The molecule has 0 aromatic heterocycles. The predicted octanol–water partition coefficient (Wildman–Crippen LogP) is 3.53. The highest BCUT2D eigenvalue weighted by molar-refractivity contribution is 5.74. The van der Waals surface area contributed by atoms with E-state index in [0.717, 1.165) is 41.4 Å². The Morgan fingerprint density at radius 1 is 1.03 bits per heavy atom. The molecule has 0 bridgehead atoms. The van der Waals surface area contributed by atoms with Gasteiger partial charge < -0.3 is 24.6 Å². The first-order valence-electron chi connectivity index (χ1n) is 10.1. The zero-order valence-electron chi connectivity index (χ0n) is 17.8. The van der Waals surface area contributed by atoms with Gasteiger partial charge in [-0.2, -0.15) is 0 Å². The summed E-state index contributed by atoms with van der Waals surface area (Å²) in [5.74, 6) is 1.78. The second kappa shape index (κ2) is 9.54. The van der Waals surface area contributed by atoms with Crippen LogP contribution in [0.1, 0.15) is 16.7 Å². The molecule has 156 valence electrons. The molecule has 1 aliphatic rings. The first-order chi connectivity index (χ1) is 14.0. The number of piperazine rings is 1. The van der Waals surface area contributed by atoms with Gasteiger partial charge in [0.25, 0.3) is 0 Å². The van der Waals surface area contributed by atoms with E-state index in [4.69, 9.17) is 9.47 Å². The van der Waals surface area contributed by atoms with E-state index in [9.17, 15) is 4.79 Å². The SMILES string of the molecule is COc1ccccc1N1CCN(C(=O)NCCOc2c(C)cc(C)cc2C)CC1. The summed E-state index contributed by atoms with van der Waals surface area (Å²) in [6.07, 6.45) is 0. The Bertz CT molecular complexity index is 822. The van der Waals surface area contributed by atoms with Gasteiger partial charge in [-0.15, -0.1) is 0 Å². The molecule has 29 heavy (non-hydrogen) atoms. The van der Waals surface area contributed by atoms with Crippen molar-refractivity contribution in [2.45, 2.75) is 20.8 Å². The highest BCUT2D eigenvalue weighted by Crippen LogP contribution is 2.28. The third kappa shape index (κ3) is 5.13. The van der Waals surface area contributed by atoms with Gasteiger partial charge in [0.15, 0.2) is 0 Å². The van der Waals surface area contributed by atoms with E-state index in [1.165, 1.54) is 5.56 Å². The summed E-state index contributed by atoms with van der Waals surface area (Å²) in [5.41, 5.74) is 4.56. The van der Waals surface area contributed by atoms with Gasteiger partial charge >= 0.3 is 6.03 Å². The minimum atomic E-state index is -0.0365. The molecule has 1 aliphatic heterocycles. The largest absolute Gasteiger partial charge is 0.495 e. The minimum Gasteiger partial charge on any atom is -0.495 e. The van der Waals surface area contributed by atoms with Crippen LogP contribution in [0.4, 0.5) is 10.5 Å². The zero-order valence-corrected chi connectivity index (χ0v) is 17.8. The lowest BCUT2D eigenvalue weighted by atomic mass is 10.1. The second-order valence-corrected chi connectivity index (χ2v) is 7.45. The van der Waals surface area contributed by atoms with E-state index >= 15 is 0 Å². The first kappa shape index (κ1) is 20.8. The highest BCUT2D eigenvalue weighted by atomic mass is 16.5. The minimum absolute atomic E-state index is 0.0365. The number of rotatable bonds is 6. The average Bonchev–Trinajstić information content (AvgIpc) is 2.72. The Kier molecular flexibility index (Phi) is 6.86. The number of methoxy groups -OCH3 is 1. The van der Waals surface area contributed by atoms with Gasteiger partial charge in [-0.25, -0.2) is 4.79 Å². The summed E-state index contributed by atoms with van der Waals surface area (Å²) < 4.78 is 11.4. The molecule has 0 atom stereocenters. The Morgan fingerprint density at radius 3 is 2.34 bits per heavy atom. The Balaban J connectivity index is 1.43. The smallest absolute Gasteiger partial charge is 0.317 e. The molecule has 0 saturated carbocycles. The standard InChI is InChI=1S/C23H31N3O3/c1-17-15-18(2)22(19(3)16-17)29-14-9-24-23(27)26-12-10-25(11-13-26)20-7-5-6-8-21(20)28-4/h5-8,15-16H,9-14H2,1-4H3,(H,24,27). The molecule has 0 spiro atoms. The molecule has 1 fully saturated rings. The zero-order chi connectivity index (χ0) is 20.8. The van der Waals surface area contributed by atoms with E-state index < -0.39 is 0 Å². The van der Waals surface area contributed by atoms with Crippen LogP contribution < -0.4 is 19.7 Å². The quantitative estimate of drug-likeness (QED) is 0.758. The summed E-state index contributed by atoms with van der Waals surface area (Å²) in [6.45, 7) is 10.1. The van der Waals surface area contributed by atoms with E-state index in [1.807, 2.05) is 23.1 Å². The fourth-order valence-corrected chi connectivity index (χ4v) is 3.86. The van der Waals surface area contributed by atoms with Gasteiger partial charge in [-0.1, -0.05) is 29.8 Å². The maximum absolute atomic E-state index is 12.5. The summed E-state index contributed by atoms with van der Waals surface area (Å²) in [4.78, 5) is 16.6. The molecule has 6 heteroatoms. The lowest BCUT2D eigenvalue weighted by Crippen LogP contribution is -2.52. The van der Waals surface area contributed by atoms with Crippen molar-refractivity contribution in [1.29, 1.82) is 0 Å². The molecule has 2 aromatic carbocycles. The molecule has 1 saturated heterocycles. The van der Waals surface area contributed by atoms with Crippen LogP contribution in [0.15, 0.2) is 36.4 Å². The number of carbonyl (C=O) groups is 1. The second-order valence-electron chi connectivity index (χ2n) is 7.45. The number of ether oxygens (including phenoxy) is 2. The van der Waals surface area contributed by atoms with Crippen molar-refractivity contribution in [3.8, 4) is 11.5 Å². The number of hydrogen-bond acceptors (Lipinski definition) is 4. The van der Waals surface area contributed by atoms with Crippen molar-refractivity contribution in [2.24, 2.45) is 0 Å². The van der Waals surface area contributed by atoms with Crippen molar-refractivity contribution in [3.05, 3.63) is 53.1 Å². The number of nitrogens with one attached hydrogen (secondary N) is 1.